The smallest absolute Gasteiger partial charge is 0.274 e. The monoisotopic (exact) mass is 431 g/mol. The van der Waals surface area contributed by atoms with Gasteiger partial charge >= 0.3 is 0 Å². The number of hydrogen-bond donors (Lipinski definition) is 0. The Morgan fingerprint density at radius 3 is 2.41 bits per heavy atom. The van der Waals surface area contributed by atoms with Crippen LogP contribution in [0, 0.1) is 6.92 Å². The molecule has 4 heterocycles. The molecule has 0 N–H and O–H groups in total. The summed E-state index contributed by atoms with van der Waals surface area (Å²) in [6.07, 6.45) is 8.70. The Bertz CT molecular complexity index is 1080. The molecule has 0 unspecified atom stereocenters. The number of carbonyl (C=O) groups is 1. The predicted octanol–water partition coefficient (Wildman–Crippen LogP) is 2.92. The van der Waals surface area contributed by atoms with Crippen molar-refractivity contribution in [2.45, 2.75) is 26.2 Å². The summed E-state index contributed by atoms with van der Waals surface area (Å²) >= 11 is 0. The van der Waals surface area contributed by atoms with E-state index in [1.807, 2.05) is 15.5 Å². The van der Waals surface area contributed by atoms with Gasteiger partial charge in [-0.25, -0.2) is 15.0 Å². The number of benzene rings is 1. The fourth-order valence-electron chi connectivity index (χ4n) is 4.49. The third-order valence-corrected chi connectivity index (χ3v) is 6.32. The normalized spacial score (nSPS) is 17.0. The molecule has 2 aliphatic rings. The molecule has 1 amide bonds. The van der Waals surface area contributed by atoms with Gasteiger partial charge < -0.3 is 14.7 Å². The van der Waals surface area contributed by atoms with Crippen LogP contribution in [0.25, 0.3) is 5.82 Å². The van der Waals surface area contributed by atoms with E-state index in [1.165, 1.54) is 30.5 Å². The summed E-state index contributed by atoms with van der Waals surface area (Å²) in [5.74, 6) is 1.64. The molecular formula is C24H29N7O. The van der Waals surface area contributed by atoms with Gasteiger partial charge in [-0.3, -0.25) is 9.36 Å². The van der Waals surface area contributed by atoms with Gasteiger partial charge in [0, 0.05) is 57.2 Å². The van der Waals surface area contributed by atoms with Crippen LogP contribution in [0.3, 0.4) is 0 Å². The van der Waals surface area contributed by atoms with E-state index in [0.717, 1.165) is 37.8 Å². The van der Waals surface area contributed by atoms with Crippen LogP contribution in [0.15, 0.2) is 49.2 Å². The Morgan fingerprint density at radius 1 is 0.844 bits per heavy atom. The number of anilines is 2. The lowest BCUT2D eigenvalue weighted by atomic mass is 10.1. The number of aromatic nitrogens is 4. The fourth-order valence-corrected chi connectivity index (χ4v) is 4.49. The topological polar surface area (TPSA) is 70.4 Å². The molecule has 0 aliphatic carbocycles. The van der Waals surface area contributed by atoms with E-state index in [2.05, 4.69) is 55.9 Å². The quantitative estimate of drug-likeness (QED) is 0.633. The van der Waals surface area contributed by atoms with E-state index in [0.29, 0.717) is 18.8 Å². The van der Waals surface area contributed by atoms with Crippen LogP contribution in [-0.2, 0) is 0 Å². The molecule has 0 atom stereocenters. The lowest BCUT2D eigenvalue weighted by molar-refractivity contribution is 0.0741. The number of amides is 1. The molecule has 8 heteroatoms. The van der Waals surface area contributed by atoms with Crippen molar-refractivity contribution in [3.8, 4) is 5.82 Å². The number of rotatable bonds is 4. The number of aryl methyl sites for hydroxylation is 1. The zero-order chi connectivity index (χ0) is 21.9. The van der Waals surface area contributed by atoms with Crippen LogP contribution in [0.4, 0.5) is 11.5 Å². The number of imidazole rings is 1. The highest BCUT2D eigenvalue weighted by atomic mass is 16.2. The standard InChI is InChI=1S/C24H29N7O/c1-19-6-5-7-20(14-19)28-10-12-30(13-11-28)24(32)21-16-31(18-27-21)23-15-22(25-17-26-23)29-8-3-2-4-9-29/h5-7,14-18H,2-4,8-13H2,1H3. The van der Waals surface area contributed by atoms with Gasteiger partial charge in [-0.15, -0.1) is 0 Å². The Hall–Kier alpha value is -3.42. The van der Waals surface area contributed by atoms with E-state index in [4.69, 9.17) is 0 Å². The van der Waals surface area contributed by atoms with E-state index < -0.39 is 0 Å². The molecule has 2 fully saturated rings. The molecule has 0 spiro atoms. The van der Waals surface area contributed by atoms with Gasteiger partial charge in [-0.2, -0.15) is 0 Å². The highest BCUT2D eigenvalue weighted by molar-refractivity contribution is 5.92. The first-order valence-corrected chi connectivity index (χ1v) is 11.4. The molecule has 0 saturated carbocycles. The van der Waals surface area contributed by atoms with Crippen molar-refractivity contribution in [1.82, 2.24) is 24.4 Å². The number of piperidine rings is 1. The maximum Gasteiger partial charge on any atom is 0.274 e. The van der Waals surface area contributed by atoms with Crippen LogP contribution in [-0.4, -0.2) is 69.6 Å². The average Bonchev–Trinajstić information content (AvgIpc) is 3.35. The van der Waals surface area contributed by atoms with E-state index in [-0.39, 0.29) is 5.91 Å². The first-order valence-electron chi connectivity index (χ1n) is 11.4. The number of carbonyl (C=O) groups excluding carboxylic acids is 1. The third-order valence-electron chi connectivity index (χ3n) is 6.32. The molecule has 2 saturated heterocycles. The Kier molecular flexibility index (Phi) is 5.75. The molecule has 166 valence electrons. The van der Waals surface area contributed by atoms with Crippen LogP contribution in [0.2, 0.25) is 0 Å². The van der Waals surface area contributed by atoms with Crippen molar-refractivity contribution >= 4 is 17.4 Å². The van der Waals surface area contributed by atoms with Crippen LogP contribution in [0.5, 0.6) is 0 Å². The summed E-state index contributed by atoms with van der Waals surface area (Å²) in [4.78, 5) is 32.8. The number of nitrogens with zero attached hydrogens (tertiary/aromatic N) is 7. The number of piperazine rings is 1. The van der Waals surface area contributed by atoms with E-state index >= 15 is 0 Å². The minimum absolute atomic E-state index is 0.0297. The lowest BCUT2D eigenvalue weighted by Gasteiger charge is -2.36. The van der Waals surface area contributed by atoms with Crippen molar-refractivity contribution in [2.24, 2.45) is 0 Å². The van der Waals surface area contributed by atoms with E-state index in [1.54, 1.807) is 18.9 Å². The largest absolute Gasteiger partial charge is 0.368 e. The molecular weight excluding hydrogens is 402 g/mol. The summed E-state index contributed by atoms with van der Waals surface area (Å²) in [5, 5.41) is 0. The minimum atomic E-state index is -0.0297. The third kappa shape index (κ3) is 4.30. The molecule has 8 nitrogen and oxygen atoms in total. The van der Waals surface area contributed by atoms with Crippen LogP contribution >= 0.6 is 0 Å². The van der Waals surface area contributed by atoms with Crippen molar-refractivity contribution < 1.29 is 4.79 Å². The zero-order valence-electron chi connectivity index (χ0n) is 18.5. The van der Waals surface area contributed by atoms with Gasteiger partial charge in [0.1, 0.15) is 30.0 Å². The van der Waals surface area contributed by atoms with Crippen molar-refractivity contribution in [3.63, 3.8) is 0 Å². The van der Waals surface area contributed by atoms with Gasteiger partial charge in [0.15, 0.2) is 0 Å². The highest BCUT2D eigenvalue weighted by Crippen LogP contribution is 2.20. The molecule has 0 bridgehead atoms. The summed E-state index contributed by atoms with van der Waals surface area (Å²) < 4.78 is 1.81. The molecule has 5 rings (SSSR count). The minimum Gasteiger partial charge on any atom is -0.368 e. The first-order chi connectivity index (χ1) is 15.7. The second-order valence-electron chi connectivity index (χ2n) is 8.57. The van der Waals surface area contributed by atoms with Crippen LogP contribution in [0.1, 0.15) is 35.3 Å². The second kappa shape index (κ2) is 8.98. The maximum absolute atomic E-state index is 13.0. The fraction of sp³-hybridized carbons (Fsp3) is 0.417. The molecule has 3 aromatic rings. The van der Waals surface area contributed by atoms with Gasteiger partial charge in [0.25, 0.3) is 5.91 Å². The average molecular weight is 432 g/mol. The molecule has 1 aromatic carbocycles. The molecule has 2 aromatic heterocycles. The van der Waals surface area contributed by atoms with Crippen molar-refractivity contribution in [3.05, 3.63) is 60.4 Å². The zero-order valence-corrected chi connectivity index (χ0v) is 18.5. The predicted molar refractivity (Wildman–Crippen MR) is 125 cm³/mol. The van der Waals surface area contributed by atoms with Crippen LogP contribution < -0.4 is 9.80 Å². The molecule has 2 aliphatic heterocycles. The Morgan fingerprint density at radius 2 is 1.62 bits per heavy atom. The molecule has 32 heavy (non-hydrogen) atoms. The van der Waals surface area contributed by atoms with Gasteiger partial charge in [-0.05, 0) is 43.9 Å². The van der Waals surface area contributed by atoms with Crippen molar-refractivity contribution in [1.29, 1.82) is 0 Å². The lowest BCUT2D eigenvalue weighted by Crippen LogP contribution is -2.48. The summed E-state index contributed by atoms with van der Waals surface area (Å²) in [6, 6.07) is 10.5. The number of hydrogen-bond acceptors (Lipinski definition) is 6. The van der Waals surface area contributed by atoms with Gasteiger partial charge in [0.05, 0.1) is 0 Å². The SMILES string of the molecule is Cc1cccc(N2CCN(C(=O)c3cn(-c4cc(N5CCCCC5)ncn4)cn3)CC2)c1. The molecule has 0 radical (unpaired) electrons. The second-order valence-corrected chi connectivity index (χ2v) is 8.57. The first kappa shape index (κ1) is 20.5. The Labute approximate surface area is 188 Å². The highest BCUT2D eigenvalue weighted by Gasteiger charge is 2.24. The van der Waals surface area contributed by atoms with Gasteiger partial charge in [-0.1, -0.05) is 12.1 Å². The summed E-state index contributed by atoms with van der Waals surface area (Å²) in [5.41, 5.74) is 2.92. The van der Waals surface area contributed by atoms with E-state index in [9.17, 15) is 4.79 Å². The van der Waals surface area contributed by atoms with Crippen molar-refractivity contribution in [2.75, 3.05) is 49.1 Å². The summed E-state index contributed by atoms with van der Waals surface area (Å²) in [7, 11) is 0. The summed E-state index contributed by atoms with van der Waals surface area (Å²) in [6.45, 7) is 7.17. The maximum atomic E-state index is 13.0. The Balaban J connectivity index is 1.24. The van der Waals surface area contributed by atoms with Gasteiger partial charge in [0.2, 0.25) is 0 Å².